The van der Waals surface area contributed by atoms with Gasteiger partial charge in [-0.2, -0.15) is 14.3 Å². The largest absolute Gasteiger partial charge is 0.243 e. The Morgan fingerprint density at radius 2 is 1.60 bits per heavy atom. The predicted molar refractivity (Wildman–Crippen MR) is 93.6 cm³/mol. The average Bonchev–Trinajstić information content (AvgIpc) is 3.41. The van der Waals surface area contributed by atoms with Crippen molar-refractivity contribution in [2.75, 3.05) is 13.1 Å². The third-order valence-electron chi connectivity index (χ3n) is 4.45. The Morgan fingerprint density at radius 1 is 1.12 bits per heavy atom. The van der Waals surface area contributed by atoms with E-state index in [0.29, 0.717) is 13.1 Å². The van der Waals surface area contributed by atoms with Gasteiger partial charge in [-0.1, -0.05) is 13.8 Å². The summed E-state index contributed by atoms with van der Waals surface area (Å²) in [5.74, 6) is 0.00888. The van der Waals surface area contributed by atoms with Crippen LogP contribution in [0.25, 0.3) is 0 Å². The third-order valence-corrected chi connectivity index (χ3v) is 8.10. The molecule has 9 heteroatoms. The maximum atomic E-state index is 12.5. The van der Waals surface area contributed by atoms with E-state index in [4.69, 9.17) is 0 Å². The second-order valence-electron chi connectivity index (χ2n) is 6.25. The molecular weight excluding hydrogens is 362 g/mol. The summed E-state index contributed by atoms with van der Waals surface area (Å²) in [4.78, 5) is -0.0199. The number of hydrogen-bond acceptors (Lipinski definition) is 5. The molecule has 0 radical (unpaired) electrons. The van der Waals surface area contributed by atoms with E-state index in [-0.39, 0.29) is 15.7 Å². The van der Waals surface area contributed by atoms with Crippen LogP contribution >= 0.6 is 0 Å². The summed E-state index contributed by atoms with van der Waals surface area (Å²) in [5, 5.41) is 9.31. The third kappa shape index (κ3) is 4.03. The van der Waals surface area contributed by atoms with Crippen molar-refractivity contribution in [2.45, 2.75) is 48.9 Å². The topological polar surface area (TPSA) is 107 Å². The molecule has 0 unspecified atom stereocenters. The first-order chi connectivity index (χ1) is 11.6. The Balaban J connectivity index is 2.29. The van der Waals surface area contributed by atoms with E-state index >= 15 is 0 Å². The lowest BCUT2D eigenvalue weighted by Crippen LogP contribution is -2.46. The molecule has 1 saturated carbocycles. The fourth-order valence-corrected chi connectivity index (χ4v) is 5.54. The second-order valence-corrected chi connectivity index (χ2v) is 9.87. The molecule has 1 atom stereocenters. The molecule has 0 saturated heterocycles. The Kier molecular flexibility index (Phi) is 5.59. The van der Waals surface area contributed by atoms with Gasteiger partial charge in [-0.3, -0.25) is 0 Å². The minimum atomic E-state index is -3.91. The van der Waals surface area contributed by atoms with Gasteiger partial charge < -0.3 is 0 Å². The Labute approximate surface area is 149 Å². The Morgan fingerprint density at radius 3 is 2.00 bits per heavy atom. The molecule has 1 N–H and O–H groups in total. The van der Waals surface area contributed by atoms with Crippen molar-refractivity contribution < 1.29 is 16.8 Å². The summed E-state index contributed by atoms with van der Waals surface area (Å²) in [6, 6.07) is 7.11. The van der Waals surface area contributed by atoms with Gasteiger partial charge in [0.2, 0.25) is 20.0 Å². The predicted octanol–water partition coefficient (Wildman–Crippen LogP) is 1.69. The van der Waals surface area contributed by atoms with Crippen molar-refractivity contribution in [3.63, 3.8) is 0 Å². The molecule has 138 valence electrons. The van der Waals surface area contributed by atoms with Crippen LogP contribution in [0.5, 0.6) is 0 Å². The standard InChI is InChI=1S/C16H23N3O4S2/c1-4-19(5-2)25(22,23)15-10-8-14(9-11-15)24(20,21)18-16(3,12-17)13-6-7-13/h8-11,13,18H,4-7H2,1-3H3/t16-/m0/s1. The number of nitrogens with one attached hydrogen (secondary N) is 1. The van der Waals surface area contributed by atoms with E-state index in [9.17, 15) is 22.1 Å². The molecule has 1 aromatic rings. The van der Waals surface area contributed by atoms with Crippen molar-refractivity contribution >= 4 is 20.0 Å². The zero-order valence-electron chi connectivity index (χ0n) is 14.6. The molecule has 1 fully saturated rings. The molecule has 1 aliphatic carbocycles. The molecule has 0 aliphatic heterocycles. The zero-order valence-corrected chi connectivity index (χ0v) is 16.2. The van der Waals surface area contributed by atoms with E-state index < -0.39 is 25.6 Å². The fraction of sp³-hybridized carbons (Fsp3) is 0.562. The van der Waals surface area contributed by atoms with Crippen LogP contribution < -0.4 is 4.72 Å². The van der Waals surface area contributed by atoms with Crippen LogP contribution in [0, 0.1) is 17.2 Å². The van der Waals surface area contributed by atoms with Crippen LogP contribution in [0.2, 0.25) is 0 Å². The molecule has 0 bridgehead atoms. The van der Waals surface area contributed by atoms with Crippen molar-refractivity contribution in [1.29, 1.82) is 5.26 Å². The van der Waals surface area contributed by atoms with Gasteiger partial charge in [0, 0.05) is 13.1 Å². The molecule has 25 heavy (non-hydrogen) atoms. The number of benzene rings is 1. The lowest BCUT2D eigenvalue weighted by atomic mass is 10.0. The maximum absolute atomic E-state index is 12.5. The van der Waals surface area contributed by atoms with Crippen molar-refractivity contribution in [3.05, 3.63) is 24.3 Å². The minimum absolute atomic E-state index is 0.00888. The van der Waals surface area contributed by atoms with Crippen LogP contribution in [0.1, 0.15) is 33.6 Å². The smallest absolute Gasteiger partial charge is 0.207 e. The van der Waals surface area contributed by atoms with Crippen molar-refractivity contribution in [3.8, 4) is 6.07 Å². The monoisotopic (exact) mass is 385 g/mol. The molecule has 1 aromatic carbocycles. The van der Waals surface area contributed by atoms with Crippen molar-refractivity contribution in [1.82, 2.24) is 9.03 Å². The quantitative estimate of drug-likeness (QED) is 0.733. The van der Waals surface area contributed by atoms with Gasteiger partial charge in [-0.15, -0.1) is 0 Å². The Hall–Kier alpha value is -1.47. The normalized spacial score (nSPS) is 17.9. The zero-order chi connectivity index (χ0) is 18.9. The average molecular weight is 386 g/mol. The first kappa shape index (κ1) is 19.8. The number of nitrogens with zero attached hydrogens (tertiary/aromatic N) is 2. The number of sulfonamides is 2. The summed E-state index contributed by atoms with van der Waals surface area (Å²) in [7, 11) is -7.55. The molecule has 0 heterocycles. The Bertz CT molecular complexity index is 865. The molecule has 1 aliphatic rings. The van der Waals surface area contributed by atoms with Gasteiger partial charge in [-0.05, 0) is 49.9 Å². The number of rotatable bonds is 8. The maximum Gasteiger partial charge on any atom is 0.243 e. The van der Waals surface area contributed by atoms with Crippen LogP contribution in [0.15, 0.2) is 34.1 Å². The van der Waals surface area contributed by atoms with Crippen molar-refractivity contribution in [2.24, 2.45) is 5.92 Å². The van der Waals surface area contributed by atoms with Gasteiger partial charge >= 0.3 is 0 Å². The van der Waals surface area contributed by atoms with E-state index in [2.05, 4.69) is 4.72 Å². The van der Waals surface area contributed by atoms with E-state index in [1.165, 1.54) is 28.6 Å². The SMILES string of the molecule is CCN(CC)S(=O)(=O)c1ccc(S(=O)(=O)N[C@@](C)(C#N)C2CC2)cc1. The highest BCUT2D eigenvalue weighted by Crippen LogP contribution is 2.40. The number of nitriles is 1. The highest BCUT2D eigenvalue weighted by molar-refractivity contribution is 7.89. The van der Waals surface area contributed by atoms with Crippen LogP contribution in [0.4, 0.5) is 0 Å². The van der Waals surface area contributed by atoms with E-state index in [1.54, 1.807) is 20.8 Å². The summed E-state index contributed by atoms with van der Waals surface area (Å²) in [5.41, 5.74) is -1.15. The van der Waals surface area contributed by atoms with Gasteiger partial charge in [-0.25, -0.2) is 16.8 Å². The highest BCUT2D eigenvalue weighted by Gasteiger charge is 2.44. The van der Waals surface area contributed by atoms with Crippen LogP contribution in [0.3, 0.4) is 0 Å². The first-order valence-electron chi connectivity index (χ1n) is 8.16. The molecule has 0 aromatic heterocycles. The minimum Gasteiger partial charge on any atom is -0.207 e. The molecular formula is C16H23N3O4S2. The lowest BCUT2D eigenvalue weighted by molar-refractivity contribution is 0.445. The molecule has 0 amide bonds. The summed E-state index contributed by atoms with van der Waals surface area (Å²) in [6.45, 7) is 5.72. The van der Waals surface area contributed by atoms with E-state index in [1.807, 2.05) is 6.07 Å². The molecule has 2 rings (SSSR count). The summed E-state index contributed by atoms with van der Waals surface area (Å²) in [6.07, 6.45) is 1.63. The molecule has 7 nitrogen and oxygen atoms in total. The molecule has 0 spiro atoms. The second kappa shape index (κ2) is 7.03. The van der Waals surface area contributed by atoms with E-state index in [0.717, 1.165) is 12.8 Å². The summed E-state index contributed by atoms with van der Waals surface area (Å²) >= 11 is 0. The lowest BCUT2D eigenvalue weighted by Gasteiger charge is -2.23. The first-order valence-corrected chi connectivity index (χ1v) is 11.1. The fourth-order valence-electron chi connectivity index (χ4n) is 2.70. The van der Waals surface area contributed by atoms with Gasteiger partial charge in [0.25, 0.3) is 0 Å². The number of hydrogen-bond donors (Lipinski definition) is 1. The van der Waals surface area contributed by atoms with Crippen LogP contribution in [-0.2, 0) is 20.0 Å². The van der Waals surface area contributed by atoms with Gasteiger partial charge in [0.15, 0.2) is 0 Å². The van der Waals surface area contributed by atoms with Gasteiger partial charge in [0.05, 0.1) is 15.9 Å². The van der Waals surface area contributed by atoms with Gasteiger partial charge in [0.1, 0.15) is 5.54 Å². The highest BCUT2D eigenvalue weighted by atomic mass is 32.2. The summed E-state index contributed by atoms with van der Waals surface area (Å²) < 4.78 is 53.7. The van der Waals surface area contributed by atoms with Crippen LogP contribution in [-0.4, -0.2) is 39.8 Å².